The number of ether oxygens (including phenoxy) is 1. The van der Waals surface area contributed by atoms with E-state index in [0.717, 1.165) is 16.7 Å². The Balaban J connectivity index is 1.50. The number of rotatable bonds is 5. The summed E-state index contributed by atoms with van der Waals surface area (Å²) in [6.07, 6.45) is 0.411. The highest BCUT2D eigenvalue weighted by Crippen LogP contribution is 2.31. The predicted octanol–water partition coefficient (Wildman–Crippen LogP) is 1.98. The topological polar surface area (TPSA) is 58.6 Å². The van der Waals surface area contributed by atoms with Crippen LogP contribution in [0, 0.1) is 5.82 Å². The summed E-state index contributed by atoms with van der Waals surface area (Å²) in [5.74, 6) is -0.471. The number of hydrogen-bond acceptors (Lipinski definition) is 3. The smallest absolute Gasteiger partial charge is 0.261 e. The minimum Gasteiger partial charge on any atom is -0.477 e. The maximum absolute atomic E-state index is 13.6. The Hall–Kier alpha value is -2.40. The van der Waals surface area contributed by atoms with Crippen LogP contribution in [0.15, 0.2) is 42.5 Å². The second-order valence-electron chi connectivity index (χ2n) is 5.55. The molecule has 1 amide bonds. The number of aliphatic hydroxyl groups is 1. The van der Waals surface area contributed by atoms with Gasteiger partial charge in [-0.15, -0.1) is 0 Å². The monoisotopic (exact) mass is 315 g/mol. The summed E-state index contributed by atoms with van der Waals surface area (Å²) in [6, 6.07) is 12.3. The number of nitrogens with one attached hydrogen (secondary N) is 1. The van der Waals surface area contributed by atoms with Crippen molar-refractivity contribution in [2.24, 2.45) is 0 Å². The Morgan fingerprint density at radius 1 is 1.22 bits per heavy atom. The van der Waals surface area contributed by atoms with E-state index < -0.39 is 11.9 Å². The fraction of sp³-hybridized carbons (Fsp3) is 0.278. The number of halogens is 1. The van der Waals surface area contributed by atoms with Crippen LogP contribution >= 0.6 is 0 Å². The molecule has 4 nitrogen and oxygen atoms in total. The van der Waals surface area contributed by atoms with Gasteiger partial charge in [0.1, 0.15) is 0 Å². The first-order valence-corrected chi connectivity index (χ1v) is 7.58. The number of hydrogen-bond donors (Lipinski definition) is 2. The molecule has 0 saturated carbocycles. The molecule has 1 atom stereocenters. The van der Waals surface area contributed by atoms with Crippen molar-refractivity contribution in [2.45, 2.75) is 25.6 Å². The number of carbonyl (C=O) groups is 1. The lowest BCUT2D eigenvalue weighted by Gasteiger charge is -2.11. The van der Waals surface area contributed by atoms with E-state index in [0.29, 0.717) is 19.4 Å². The highest BCUT2D eigenvalue weighted by atomic mass is 19.1. The average molecular weight is 315 g/mol. The third kappa shape index (κ3) is 3.51. The minimum absolute atomic E-state index is 0.0210. The van der Waals surface area contributed by atoms with Crippen molar-refractivity contribution in [3.05, 3.63) is 65.0 Å². The molecular formula is C18H18FNO3. The van der Waals surface area contributed by atoms with E-state index in [1.54, 1.807) is 12.1 Å². The molecule has 0 aliphatic carbocycles. The van der Waals surface area contributed by atoms with Gasteiger partial charge in [0.25, 0.3) is 5.91 Å². The third-order valence-electron chi connectivity index (χ3n) is 3.92. The third-order valence-corrected chi connectivity index (χ3v) is 3.92. The first kappa shape index (κ1) is 15.5. The maximum Gasteiger partial charge on any atom is 0.261 e. The molecule has 1 unspecified atom stereocenters. The van der Waals surface area contributed by atoms with Gasteiger partial charge in [0, 0.05) is 18.5 Å². The van der Waals surface area contributed by atoms with Crippen molar-refractivity contribution in [3.63, 3.8) is 0 Å². The van der Waals surface area contributed by atoms with E-state index in [1.165, 1.54) is 6.07 Å². The minimum atomic E-state index is -0.668. The number of para-hydroxylation sites is 1. The van der Waals surface area contributed by atoms with E-state index in [4.69, 9.17) is 9.84 Å². The van der Waals surface area contributed by atoms with E-state index >= 15 is 0 Å². The maximum atomic E-state index is 13.6. The van der Waals surface area contributed by atoms with E-state index in [-0.39, 0.29) is 18.3 Å². The molecule has 120 valence electrons. The molecule has 2 aromatic rings. The average Bonchev–Trinajstić information content (AvgIpc) is 3.01. The summed E-state index contributed by atoms with van der Waals surface area (Å²) >= 11 is 0. The van der Waals surface area contributed by atoms with Crippen LogP contribution in [0.4, 0.5) is 4.39 Å². The van der Waals surface area contributed by atoms with Gasteiger partial charge in [0.05, 0.1) is 6.61 Å². The summed E-state index contributed by atoms with van der Waals surface area (Å²) in [7, 11) is 0. The van der Waals surface area contributed by atoms with Crippen LogP contribution in [0.2, 0.25) is 0 Å². The standard InChI is InChI=1S/C18H18FNO3/c19-15-3-1-2-14-10-16(23-17(14)15)18(22)20-9-8-12-4-6-13(11-21)7-5-12/h1-7,16,21H,8-11H2,(H,20,22). The Labute approximate surface area is 133 Å². The van der Waals surface area contributed by atoms with Gasteiger partial charge in [-0.25, -0.2) is 4.39 Å². The van der Waals surface area contributed by atoms with Crippen LogP contribution in [0.25, 0.3) is 0 Å². The van der Waals surface area contributed by atoms with E-state index in [9.17, 15) is 9.18 Å². The van der Waals surface area contributed by atoms with Crippen molar-refractivity contribution in [1.82, 2.24) is 5.32 Å². The number of fused-ring (bicyclic) bond motifs is 1. The highest BCUT2D eigenvalue weighted by molar-refractivity contribution is 5.82. The van der Waals surface area contributed by atoms with Gasteiger partial charge in [-0.1, -0.05) is 36.4 Å². The molecule has 0 radical (unpaired) electrons. The zero-order valence-corrected chi connectivity index (χ0v) is 12.6. The van der Waals surface area contributed by atoms with E-state index in [2.05, 4.69) is 5.32 Å². The molecule has 5 heteroatoms. The quantitative estimate of drug-likeness (QED) is 0.887. The lowest BCUT2D eigenvalue weighted by Crippen LogP contribution is -2.38. The molecule has 0 bridgehead atoms. The fourth-order valence-electron chi connectivity index (χ4n) is 2.63. The molecule has 2 aromatic carbocycles. The molecule has 0 saturated heterocycles. The largest absolute Gasteiger partial charge is 0.477 e. The van der Waals surface area contributed by atoms with Gasteiger partial charge in [-0.2, -0.15) is 0 Å². The fourth-order valence-corrected chi connectivity index (χ4v) is 2.63. The van der Waals surface area contributed by atoms with Crippen LogP contribution in [0.1, 0.15) is 16.7 Å². The number of benzene rings is 2. The Bertz CT molecular complexity index is 700. The normalized spacial score (nSPS) is 15.8. The van der Waals surface area contributed by atoms with Gasteiger partial charge in [0.2, 0.25) is 0 Å². The van der Waals surface area contributed by atoms with Crippen molar-refractivity contribution >= 4 is 5.91 Å². The van der Waals surface area contributed by atoms with Crippen molar-refractivity contribution in [2.75, 3.05) is 6.54 Å². The van der Waals surface area contributed by atoms with Crippen molar-refractivity contribution in [1.29, 1.82) is 0 Å². The summed E-state index contributed by atoms with van der Waals surface area (Å²) in [4.78, 5) is 12.1. The molecule has 0 aromatic heterocycles. The predicted molar refractivity (Wildman–Crippen MR) is 83.6 cm³/mol. The zero-order valence-electron chi connectivity index (χ0n) is 12.6. The van der Waals surface area contributed by atoms with Crippen LogP contribution in [0.5, 0.6) is 5.75 Å². The molecule has 1 aliphatic heterocycles. The van der Waals surface area contributed by atoms with Gasteiger partial charge in [-0.05, 0) is 23.6 Å². The molecule has 0 spiro atoms. The van der Waals surface area contributed by atoms with Crippen LogP contribution < -0.4 is 10.1 Å². The second kappa shape index (κ2) is 6.79. The molecule has 3 rings (SSSR count). The van der Waals surface area contributed by atoms with Gasteiger partial charge >= 0.3 is 0 Å². The van der Waals surface area contributed by atoms with Crippen LogP contribution in [0.3, 0.4) is 0 Å². The molecule has 1 heterocycles. The van der Waals surface area contributed by atoms with Crippen molar-refractivity contribution in [3.8, 4) is 5.75 Å². The number of amides is 1. The highest BCUT2D eigenvalue weighted by Gasteiger charge is 2.30. The summed E-state index contributed by atoms with van der Waals surface area (Å²) in [5, 5.41) is 11.8. The summed E-state index contributed by atoms with van der Waals surface area (Å²) < 4.78 is 19.0. The number of aliphatic hydroxyl groups excluding tert-OH is 1. The van der Waals surface area contributed by atoms with Gasteiger partial charge in [0.15, 0.2) is 17.7 Å². The zero-order chi connectivity index (χ0) is 16.2. The number of carbonyl (C=O) groups excluding carboxylic acids is 1. The molecule has 0 fully saturated rings. The lowest BCUT2D eigenvalue weighted by atomic mass is 10.1. The summed E-state index contributed by atoms with van der Waals surface area (Å²) in [6.45, 7) is 0.503. The first-order valence-electron chi connectivity index (χ1n) is 7.58. The molecule has 1 aliphatic rings. The summed E-state index contributed by atoms with van der Waals surface area (Å²) in [5.41, 5.74) is 2.66. The Morgan fingerprint density at radius 3 is 2.65 bits per heavy atom. The first-order chi connectivity index (χ1) is 11.2. The Kier molecular flexibility index (Phi) is 4.57. The van der Waals surface area contributed by atoms with E-state index in [1.807, 2.05) is 24.3 Å². The van der Waals surface area contributed by atoms with Crippen LogP contribution in [-0.4, -0.2) is 23.7 Å². The molecule has 23 heavy (non-hydrogen) atoms. The molecular weight excluding hydrogens is 297 g/mol. The van der Waals surface area contributed by atoms with Crippen molar-refractivity contribution < 1.29 is 19.0 Å². The SMILES string of the molecule is O=C(NCCc1ccc(CO)cc1)C1Cc2cccc(F)c2O1. The lowest BCUT2D eigenvalue weighted by molar-refractivity contribution is -0.127. The second-order valence-corrected chi connectivity index (χ2v) is 5.55. The molecule has 2 N–H and O–H groups in total. The van der Waals surface area contributed by atoms with Crippen LogP contribution in [-0.2, 0) is 24.2 Å². The van der Waals surface area contributed by atoms with Gasteiger partial charge < -0.3 is 15.2 Å². The Morgan fingerprint density at radius 2 is 1.96 bits per heavy atom. The van der Waals surface area contributed by atoms with Gasteiger partial charge in [-0.3, -0.25) is 4.79 Å².